The Labute approximate surface area is 163 Å². The summed E-state index contributed by atoms with van der Waals surface area (Å²) in [6.45, 7) is 2.12. The smallest absolute Gasteiger partial charge is 0.223 e. The van der Waals surface area contributed by atoms with Crippen LogP contribution in [0.4, 0.5) is 0 Å². The molecular formula is C20H22BrN3S. The fourth-order valence-electron chi connectivity index (χ4n) is 3.22. The minimum Gasteiger partial charge on any atom is -0.253 e. The Morgan fingerprint density at radius 1 is 1.04 bits per heavy atom. The Morgan fingerprint density at radius 3 is 2.52 bits per heavy atom. The van der Waals surface area contributed by atoms with Crippen molar-refractivity contribution < 1.29 is 0 Å². The molecule has 0 radical (unpaired) electrons. The summed E-state index contributed by atoms with van der Waals surface area (Å²) in [7, 11) is 0. The van der Waals surface area contributed by atoms with Gasteiger partial charge < -0.3 is 0 Å². The maximum absolute atomic E-state index is 4.90. The number of rotatable bonds is 3. The van der Waals surface area contributed by atoms with E-state index in [9.17, 15) is 0 Å². The van der Waals surface area contributed by atoms with E-state index < -0.39 is 0 Å². The summed E-state index contributed by atoms with van der Waals surface area (Å²) in [4.78, 5) is 10.7. The molecule has 0 aliphatic heterocycles. The van der Waals surface area contributed by atoms with Crippen molar-refractivity contribution in [1.29, 1.82) is 0 Å². The van der Waals surface area contributed by atoms with E-state index >= 15 is 0 Å². The van der Waals surface area contributed by atoms with E-state index in [1.165, 1.54) is 31.2 Å². The Morgan fingerprint density at radius 2 is 1.80 bits per heavy atom. The fourth-order valence-corrected chi connectivity index (χ4v) is 4.16. The predicted molar refractivity (Wildman–Crippen MR) is 110 cm³/mol. The number of benzene rings is 2. The van der Waals surface area contributed by atoms with Crippen molar-refractivity contribution in [2.45, 2.75) is 38.6 Å². The molecular weight excluding hydrogens is 394 g/mol. The molecule has 0 atom stereocenters. The van der Waals surface area contributed by atoms with Crippen molar-refractivity contribution in [2.75, 3.05) is 0 Å². The number of aryl methyl sites for hydroxylation is 1. The molecule has 0 unspecified atom stereocenters. The van der Waals surface area contributed by atoms with Crippen LogP contribution < -0.4 is 4.80 Å². The van der Waals surface area contributed by atoms with Gasteiger partial charge in [0, 0.05) is 5.56 Å². The van der Waals surface area contributed by atoms with Crippen molar-refractivity contribution in [1.82, 2.24) is 8.94 Å². The van der Waals surface area contributed by atoms with E-state index in [1.807, 2.05) is 6.07 Å². The molecule has 3 aromatic rings. The van der Waals surface area contributed by atoms with Gasteiger partial charge in [0.15, 0.2) is 5.82 Å². The van der Waals surface area contributed by atoms with Gasteiger partial charge in [0.25, 0.3) is 0 Å². The fraction of sp³-hybridized carbons (Fsp3) is 0.300. The third-order valence-electron chi connectivity index (χ3n) is 4.45. The van der Waals surface area contributed by atoms with Gasteiger partial charge in [-0.3, -0.25) is 4.99 Å². The molecule has 1 saturated carbocycles. The average molecular weight is 416 g/mol. The van der Waals surface area contributed by atoms with Crippen LogP contribution >= 0.6 is 28.5 Å². The number of aromatic nitrogens is 2. The third kappa shape index (κ3) is 4.10. The second-order valence-electron chi connectivity index (χ2n) is 6.38. The zero-order chi connectivity index (χ0) is 16.4. The van der Waals surface area contributed by atoms with Crippen LogP contribution in [0.25, 0.3) is 17.1 Å². The minimum absolute atomic E-state index is 0. The minimum atomic E-state index is 0. The van der Waals surface area contributed by atoms with E-state index in [4.69, 9.17) is 9.98 Å². The molecule has 130 valence electrons. The van der Waals surface area contributed by atoms with Crippen LogP contribution in [-0.4, -0.2) is 15.0 Å². The lowest BCUT2D eigenvalue weighted by molar-refractivity contribution is 0.685. The van der Waals surface area contributed by atoms with Gasteiger partial charge in [0.05, 0.1) is 11.7 Å². The van der Waals surface area contributed by atoms with Gasteiger partial charge in [-0.25, -0.2) is 3.96 Å². The first kappa shape index (κ1) is 18.1. The molecule has 1 fully saturated rings. The molecule has 25 heavy (non-hydrogen) atoms. The van der Waals surface area contributed by atoms with Crippen LogP contribution in [0.3, 0.4) is 0 Å². The van der Waals surface area contributed by atoms with Gasteiger partial charge in [-0.15, -0.1) is 17.0 Å². The zero-order valence-electron chi connectivity index (χ0n) is 14.3. The zero-order valence-corrected chi connectivity index (χ0v) is 16.8. The van der Waals surface area contributed by atoms with Crippen molar-refractivity contribution in [3.8, 4) is 17.1 Å². The maximum Gasteiger partial charge on any atom is 0.223 e. The SMILES string of the molecule is Br.Cc1cccc(-n2sc(=NC3CCCC3)nc2-c2ccccc2)c1. The molecule has 1 aliphatic carbocycles. The molecule has 4 rings (SSSR count). The van der Waals surface area contributed by atoms with E-state index in [-0.39, 0.29) is 17.0 Å². The molecule has 2 aromatic carbocycles. The topological polar surface area (TPSA) is 30.2 Å². The average Bonchev–Trinajstić information content (AvgIpc) is 3.26. The van der Waals surface area contributed by atoms with E-state index in [0.29, 0.717) is 6.04 Å². The van der Waals surface area contributed by atoms with Gasteiger partial charge in [0.1, 0.15) is 0 Å². The van der Waals surface area contributed by atoms with Crippen molar-refractivity contribution in [2.24, 2.45) is 4.99 Å². The molecule has 0 spiro atoms. The summed E-state index contributed by atoms with van der Waals surface area (Å²) in [5.74, 6) is 0.975. The first-order valence-electron chi connectivity index (χ1n) is 8.56. The summed E-state index contributed by atoms with van der Waals surface area (Å²) < 4.78 is 2.20. The molecule has 1 aromatic heterocycles. The first-order chi connectivity index (χ1) is 11.8. The Kier molecular flexibility index (Phi) is 5.86. The summed E-state index contributed by atoms with van der Waals surface area (Å²) in [5.41, 5.74) is 3.53. The molecule has 0 amide bonds. The summed E-state index contributed by atoms with van der Waals surface area (Å²) >= 11 is 1.64. The van der Waals surface area contributed by atoms with Crippen LogP contribution in [0.1, 0.15) is 31.2 Å². The summed E-state index contributed by atoms with van der Waals surface area (Å²) in [6, 6.07) is 19.4. The maximum atomic E-state index is 4.90. The number of hydrogen-bond acceptors (Lipinski definition) is 3. The predicted octanol–water partition coefficient (Wildman–Crippen LogP) is 5.33. The Bertz CT molecular complexity index is 893. The molecule has 5 heteroatoms. The molecule has 0 bridgehead atoms. The highest BCUT2D eigenvalue weighted by Crippen LogP contribution is 2.24. The second-order valence-corrected chi connectivity index (χ2v) is 7.29. The molecule has 0 saturated heterocycles. The van der Waals surface area contributed by atoms with Gasteiger partial charge in [-0.05, 0) is 49.0 Å². The number of hydrogen-bond donors (Lipinski definition) is 0. The molecule has 1 heterocycles. The van der Waals surface area contributed by atoms with Crippen LogP contribution in [0.2, 0.25) is 0 Å². The number of halogens is 1. The quantitative estimate of drug-likeness (QED) is 0.568. The highest BCUT2D eigenvalue weighted by Gasteiger charge is 2.15. The van der Waals surface area contributed by atoms with E-state index in [0.717, 1.165) is 21.9 Å². The lowest BCUT2D eigenvalue weighted by Crippen LogP contribution is -2.06. The standard InChI is InChI=1S/C20H21N3S.BrH/c1-15-8-7-13-18(14-15)23-19(16-9-3-2-4-10-16)22-20(24-23)21-17-11-5-6-12-17;/h2-4,7-10,13-14,17H,5-6,11-12H2,1H3;1H. The van der Waals surface area contributed by atoms with Crippen LogP contribution in [0.15, 0.2) is 59.6 Å². The number of nitrogens with zero attached hydrogens (tertiary/aromatic N) is 3. The van der Waals surface area contributed by atoms with Gasteiger partial charge in [-0.2, -0.15) is 4.98 Å². The summed E-state index contributed by atoms with van der Waals surface area (Å²) in [5, 5.41) is 0. The van der Waals surface area contributed by atoms with Crippen molar-refractivity contribution in [3.05, 3.63) is 65.0 Å². The highest BCUT2D eigenvalue weighted by atomic mass is 79.9. The van der Waals surface area contributed by atoms with E-state index in [2.05, 4.69) is 59.4 Å². The van der Waals surface area contributed by atoms with E-state index in [1.54, 1.807) is 11.5 Å². The lowest BCUT2D eigenvalue weighted by Gasteiger charge is -2.07. The third-order valence-corrected chi connectivity index (χ3v) is 5.38. The van der Waals surface area contributed by atoms with Crippen LogP contribution in [0.5, 0.6) is 0 Å². The highest BCUT2D eigenvalue weighted by molar-refractivity contribution is 8.93. The van der Waals surface area contributed by atoms with Gasteiger partial charge in [0.2, 0.25) is 4.80 Å². The Balaban J connectivity index is 0.00000182. The monoisotopic (exact) mass is 415 g/mol. The van der Waals surface area contributed by atoms with Crippen LogP contribution in [-0.2, 0) is 0 Å². The van der Waals surface area contributed by atoms with Crippen LogP contribution in [0, 0.1) is 6.92 Å². The normalized spacial score (nSPS) is 15.3. The van der Waals surface area contributed by atoms with Crippen molar-refractivity contribution >= 4 is 28.5 Å². The molecule has 1 aliphatic rings. The largest absolute Gasteiger partial charge is 0.253 e. The molecule has 0 N–H and O–H groups in total. The first-order valence-corrected chi connectivity index (χ1v) is 9.33. The van der Waals surface area contributed by atoms with Gasteiger partial charge >= 0.3 is 0 Å². The van der Waals surface area contributed by atoms with Crippen molar-refractivity contribution in [3.63, 3.8) is 0 Å². The van der Waals surface area contributed by atoms with Gasteiger partial charge in [-0.1, -0.05) is 55.3 Å². The second kappa shape index (κ2) is 8.11. The lowest BCUT2D eigenvalue weighted by atomic mass is 10.2. The summed E-state index contributed by atoms with van der Waals surface area (Å²) in [6.07, 6.45) is 4.99. The molecule has 3 nitrogen and oxygen atoms in total. The Hall–Kier alpha value is -1.72.